The Labute approximate surface area is 140 Å². The third-order valence-corrected chi connectivity index (χ3v) is 5.13. The minimum absolute atomic E-state index is 0.105. The molecule has 0 aliphatic heterocycles. The van der Waals surface area contributed by atoms with E-state index in [0.717, 1.165) is 5.56 Å². The highest BCUT2D eigenvalue weighted by Crippen LogP contribution is 2.19. The molecule has 1 aromatic carbocycles. The van der Waals surface area contributed by atoms with Gasteiger partial charge in [-0.25, -0.2) is 4.79 Å². The number of aliphatic hydroxyl groups is 1. The average molecular weight is 338 g/mol. The van der Waals surface area contributed by atoms with Crippen LogP contribution in [0.15, 0.2) is 36.9 Å². The van der Waals surface area contributed by atoms with Crippen LogP contribution in [-0.4, -0.2) is 44.7 Å². The zero-order valence-electron chi connectivity index (χ0n) is 14.0. The van der Waals surface area contributed by atoms with Gasteiger partial charge in [0.1, 0.15) is 0 Å². The number of amides is 2. The molecule has 1 rings (SSSR count). The van der Waals surface area contributed by atoms with E-state index in [4.69, 9.17) is 5.11 Å². The van der Waals surface area contributed by atoms with Gasteiger partial charge in [0.05, 0.1) is 6.61 Å². The van der Waals surface area contributed by atoms with Gasteiger partial charge in [0.2, 0.25) is 0 Å². The highest BCUT2D eigenvalue weighted by atomic mass is 32.2. The topological polar surface area (TPSA) is 69.6 Å². The summed E-state index contributed by atoms with van der Waals surface area (Å²) in [4.78, 5) is 13.6. The van der Waals surface area contributed by atoms with Crippen molar-refractivity contribution < 1.29 is 14.1 Å². The van der Waals surface area contributed by atoms with Crippen molar-refractivity contribution >= 4 is 22.5 Å². The summed E-state index contributed by atoms with van der Waals surface area (Å²) in [6.07, 6.45) is 1.61. The number of aliphatic hydroxyl groups excluding tert-OH is 1. The maximum atomic E-state index is 12.2. The first kappa shape index (κ1) is 19.4. The van der Waals surface area contributed by atoms with Crippen molar-refractivity contribution in [3.8, 4) is 0 Å². The second-order valence-corrected chi connectivity index (χ2v) is 8.40. The predicted octanol–water partition coefficient (Wildman–Crippen LogP) is 2.75. The number of carbonyl (C=O) groups excluding carboxylic acids is 1. The van der Waals surface area contributed by atoms with E-state index in [2.05, 4.69) is 11.9 Å². The van der Waals surface area contributed by atoms with Gasteiger partial charge in [-0.05, 0) is 38.5 Å². The molecule has 2 N–H and O–H groups in total. The molecule has 1 atom stereocenters. The van der Waals surface area contributed by atoms with E-state index in [1.165, 1.54) is 4.90 Å². The summed E-state index contributed by atoms with van der Waals surface area (Å²) >= 11 is 0. The smallest absolute Gasteiger partial charge is 0.322 e. The zero-order chi connectivity index (χ0) is 17.5. The van der Waals surface area contributed by atoms with Crippen LogP contribution in [0.1, 0.15) is 26.3 Å². The molecule has 0 aliphatic carbocycles. The van der Waals surface area contributed by atoms with Crippen LogP contribution < -0.4 is 5.32 Å². The van der Waals surface area contributed by atoms with Gasteiger partial charge in [0.15, 0.2) is 0 Å². The molecule has 6 heteroatoms. The second-order valence-electron chi connectivity index (χ2n) is 6.19. The highest BCUT2D eigenvalue weighted by molar-refractivity contribution is 7.85. The Morgan fingerprint density at radius 1 is 1.43 bits per heavy atom. The Morgan fingerprint density at radius 2 is 2.13 bits per heavy atom. The van der Waals surface area contributed by atoms with Crippen molar-refractivity contribution in [2.24, 2.45) is 0 Å². The van der Waals surface area contributed by atoms with Gasteiger partial charge in [0.25, 0.3) is 0 Å². The molecule has 0 fully saturated rings. The quantitative estimate of drug-likeness (QED) is 0.751. The number of benzene rings is 1. The maximum absolute atomic E-state index is 12.2. The summed E-state index contributed by atoms with van der Waals surface area (Å²) in [6, 6.07) is 7.04. The molecule has 0 aliphatic rings. The number of carbonyl (C=O) groups is 1. The van der Waals surface area contributed by atoms with Gasteiger partial charge in [-0.15, -0.1) is 6.58 Å². The molecule has 0 saturated carbocycles. The predicted molar refractivity (Wildman–Crippen MR) is 95.9 cm³/mol. The van der Waals surface area contributed by atoms with Gasteiger partial charge in [-0.2, -0.15) is 0 Å². The largest absolute Gasteiger partial charge is 0.395 e. The van der Waals surface area contributed by atoms with E-state index < -0.39 is 10.8 Å². The number of hydrogen-bond donors (Lipinski definition) is 2. The van der Waals surface area contributed by atoms with Crippen LogP contribution in [-0.2, 0) is 16.6 Å². The lowest BCUT2D eigenvalue weighted by Crippen LogP contribution is -2.37. The molecule has 0 radical (unpaired) electrons. The Bertz CT molecular complexity index is 567. The summed E-state index contributed by atoms with van der Waals surface area (Å²) < 4.78 is 11.9. The SMILES string of the molecule is C=CCN(CCO)C(=O)Nc1cccc(CS(=O)C(C)(C)C)c1. The molecule has 0 aromatic heterocycles. The van der Waals surface area contributed by atoms with Crippen molar-refractivity contribution in [1.29, 1.82) is 0 Å². The lowest BCUT2D eigenvalue weighted by molar-refractivity contribution is 0.195. The summed E-state index contributed by atoms with van der Waals surface area (Å²) in [5.41, 5.74) is 1.55. The molecular formula is C17H26N2O3S. The van der Waals surface area contributed by atoms with E-state index >= 15 is 0 Å². The van der Waals surface area contributed by atoms with Crippen molar-refractivity contribution in [2.75, 3.05) is 25.0 Å². The number of rotatable bonds is 7. The lowest BCUT2D eigenvalue weighted by atomic mass is 10.2. The van der Waals surface area contributed by atoms with Crippen LogP contribution in [0.3, 0.4) is 0 Å². The Balaban J connectivity index is 2.78. The normalized spacial score (nSPS) is 12.5. The minimum atomic E-state index is -0.994. The fourth-order valence-corrected chi connectivity index (χ4v) is 2.78. The molecule has 0 spiro atoms. The lowest BCUT2D eigenvalue weighted by Gasteiger charge is -2.21. The summed E-state index contributed by atoms with van der Waals surface area (Å²) in [6.45, 7) is 9.93. The third kappa shape index (κ3) is 6.54. The molecular weight excluding hydrogens is 312 g/mol. The Morgan fingerprint density at radius 3 is 2.70 bits per heavy atom. The Kier molecular flexibility index (Phi) is 7.45. The third-order valence-electron chi connectivity index (χ3n) is 3.17. The van der Waals surface area contributed by atoms with Crippen LogP contribution in [0.5, 0.6) is 0 Å². The van der Waals surface area contributed by atoms with E-state index in [-0.39, 0.29) is 23.9 Å². The van der Waals surface area contributed by atoms with Crippen LogP contribution >= 0.6 is 0 Å². The fourth-order valence-electron chi connectivity index (χ4n) is 1.86. The number of nitrogens with one attached hydrogen (secondary N) is 1. The number of anilines is 1. The molecule has 23 heavy (non-hydrogen) atoms. The van der Waals surface area contributed by atoms with E-state index in [1.54, 1.807) is 12.1 Å². The molecule has 1 unspecified atom stereocenters. The molecule has 0 bridgehead atoms. The van der Waals surface area contributed by atoms with Gasteiger partial charge in [-0.3, -0.25) is 4.21 Å². The summed E-state index contributed by atoms with van der Waals surface area (Å²) in [5, 5.41) is 11.8. The molecule has 128 valence electrons. The van der Waals surface area contributed by atoms with Crippen molar-refractivity contribution in [3.63, 3.8) is 0 Å². The van der Waals surface area contributed by atoms with E-state index in [1.807, 2.05) is 39.0 Å². The highest BCUT2D eigenvalue weighted by Gasteiger charge is 2.19. The average Bonchev–Trinajstić information content (AvgIpc) is 2.46. The van der Waals surface area contributed by atoms with Crippen LogP contribution in [0, 0.1) is 0 Å². The van der Waals surface area contributed by atoms with E-state index in [0.29, 0.717) is 18.0 Å². The minimum Gasteiger partial charge on any atom is -0.395 e. The van der Waals surface area contributed by atoms with Crippen molar-refractivity contribution in [2.45, 2.75) is 31.3 Å². The van der Waals surface area contributed by atoms with Crippen LogP contribution in [0.25, 0.3) is 0 Å². The zero-order valence-corrected chi connectivity index (χ0v) is 14.9. The number of hydrogen-bond acceptors (Lipinski definition) is 3. The van der Waals surface area contributed by atoms with Crippen LogP contribution in [0.2, 0.25) is 0 Å². The van der Waals surface area contributed by atoms with Crippen LogP contribution in [0.4, 0.5) is 10.5 Å². The van der Waals surface area contributed by atoms with Gasteiger partial charge < -0.3 is 15.3 Å². The first-order chi connectivity index (χ1) is 10.8. The number of urea groups is 1. The van der Waals surface area contributed by atoms with Gasteiger partial charge in [0, 0.05) is 40.1 Å². The Hall–Kier alpha value is -1.66. The number of nitrogens with zero attached hydrogens (tertiary/aromatic N) is 1. The first-order valence-electron chi connectivity index (χ1n) is 7.53. The van der Waals surface area contributed by atoms with Gasteiger partial charge in [-0.1, -0.05) is 18.2 Å². The standard InChI is InChI=1S/C17H26N2O3S/c1-5-9-19(10-11-20)16(21)18-15-8-6-7-14(12-15)13-23(22)17(2,3)4/h5-8,12,20H,1,9-11,13H2,2-4H3,(H,18,21). The monoisotopic (exact) mass is 338 g/mol. The first-order valence-corrected chi connectivity index (χ1v) is 8.85. The molecule has 2 amide bonds. The summed E-state index contributed by atoms with van der Waals surface area (Å²) in [7, 11) is -0.994. The molecule has 5 nitrogen and oxygen atoms in total. The van der Waals surface area contributed by atoms with Crippen molar-refractivity contribution in [3.05, 3.63) is 42.5 Å². The van der Waals surface area contributed by atoms with Crippen molar-refractivity contribution in [1.82, 2.24) is 4.90 Å². The molecule has 0 heterocycles. The molecule has 0 saturated heterocycles. The second kappa shape index (κ2) is 8.84. The van der Waals surface area contributed by atoms with E-state index in [9.17, 15) is 9.00 Å². The van der Waals surface area contributed by atoms with Gasteiger partial charge >= 0.3 is 6.03 Å². The fraction of sp³-hybridized carbons (Fsp3) is 0.471. The maximum Gasteiger partial charge on any atom is 0.322 e. The summed E-state index contributed by atoms with van der Waals surface area (Å²) in [5.74, 6) is 0.445. The molecule has 1 aromatic rings.